The van der Waals surface area contributed by atoms with Crippen LogP contribution in [-0.4, -0.2) is 17.6 Å². The van der Waals surface area contributed by atoms with Crippen LogP contribution in [0.15, 0.2) is 23.6 Å². The average molecular weight is 305 g/mol. The molecule has 0 fully saturated rings. The Balaban J connectivity index is 1.96. The lowest BCUT2D eigenvalue weighted by atomic mass is 10.2. The standard InChI is InChI=1S/C15H15NO2S2/c1-11-5-6-13(20-11)15(18)16-10-14-12(7-9-19-14)4-2-3-8-17/h5-7,9,17H,3,8,10H2,1H3,(H,16,18). The van der Waals surface area contributed by atoms with Crippen molar-refractivity contribution in [3.8, 4) is 11.8 Å². The highest BCUT2D eigenvalue weighted by Gasteiger charge is 2.09. The maximum Gasteiger partial charge on any atom is 0.261 e. The van der Waals surface area contributed by atoms with Gasteiger partial charge in [0.05, 0.1) is 18.0 Å². The smallest absolute Gasteiger partial charge is 0.261 e. The van der Waals surface area contributed by atoms with Gasteiger partial charge in [-0.05, 0) is 30.5 Å². The van der Waals surface area contributed by atoms with Crippen LogP contribution < -0.4 is 5.32 Å². The van der Waals surface area contributed by atoms with E-state index in [1.54, 1.807) is 11.3 Å². The molecule has 2 aromatic heterocycles. The predicted molar refractivity (Wildman–Crippen MR) is 83.1 cm³/mol. The zero-order valence-corrected chi connectivity index (χ0v) is 12.7. The highest BCUT2D eigenvalue weighted by molar-refractivity contribution is 7.14. The van der Waals surface area contributed by atoms with Crippen molar-refractivity contribution in [1.82, 2.24) is 5.32 Å². The normalized spacial score (nSPS) is 9.90. The minimum absolute atomic E-state index is 0.0502. The SMILES string of the molecule is Cc1ccc(C(=O)NCc2sccc2C#CCCO)s1. The van der Waals surface area contributed by atoms with Gasteiger partial charge in [-0.25, -0.2) is 0 Å². The average Bonchev–Trinajstić information content (AvgIpc) is 3.05. The second-order valence-electron chi connectivity index (χ2n) is 4.13. The van der Waals surface area contributed by atoms with Crippen LogP contribution in [0.2, 0.25) is 0 Å². The molecule has 0 aliphatic carbocycles. The lowest BCUT2D eigenvalue weighted by Crippen LogP contribution is -2.21. The summed E-state index contributed by atoms with van der Waals surface area (Å²) < 4.78 is 0. The Morgan fingerprint density at radius 1 is 1.40 bits per heavy atom. The van der Waals surface area contributed by atoms with Gasteiger partial charge in [0.25, 0.3) is 5.91 Å². The quantitative estimate of drug-likeness (QED) is 0.853. The largest absolute Gasteiger partial charge is 0.395 e. The van der Waals surface area contributed by atoms with Crippen molar-refractivity contribution in [2.75, 3.05) is 6.61 Å². The fourth-order valence-electron chi connectivity index (χ4n) is 1.61. The summed E-state index contributed by atoms with van der Waals surface area (Å²) in [5, 5.41) is 13.6. The van der Waals surface area contributed by atoms with E-state index in [4.69, 9.17) is 5.11 Å². The van der Waals surface area contributed by atoms with Gasteiger partial charge in [0.1, 0.15) is 0 Å². The molecule has 0 unspecified atom stereocenters. The number of thiophene rings is 2. The molecular weight excluding hydrogens is 290 g/mol. The number of hydrogen-bond acceptors (Lipinski definition) is 4. The minimum atomic E-state index is -0.0502. The molecule has 104 valence electrons. The zero-order valence-electron chi connectivity index (χ0n) is 11.1. The number of aliphatic hydroxyl groups excluding tert-OH is 1. The summed E-state index contributed by atoms with van der Waals surface area (Å²) in [6, 6.07) is 5.72. The van der Waals surface area contributed by atoms with E-state index < -0.39 is 0 Å². The van der Waals surface area contributed by atoms with Crippen LogP contribution in [0.1, 0.15) is 31.4 Å². The third-order valence-electron chi connectivity index (χ3n) is 2.58. The third-order valence-corrected chi connectivity index (χ3v) is 4.50. The molecule has 0 saturated carbocycles. The molecule has 0 aliphatic rings. The molecule has 2 rings (SSSR count). The summed E-state index contributed by atoms with van der Waals surface area (Å²) in [5.41, 5.74) is 0.922. The van der Waals surface area contributed by atoms with Crippen molar-refractivity contribution < 1.29 is 9.90 Å². The van der Waals surface area contributed by atoms with Gasteiger partial charge in [-0.1, -0.05) is 11.8 Å². The van der Waals surface area contributed by atoms with Crippen molar-refractivity contribution in [3.63, 3.8) is 0 Å². The molecule has 5 heteroatoms. The van der Waals surface area contributed by atoms with E-state index >= 15 is 0 Å². The van der Waals surface area contributed by atoms with Gasteiger partial charge in [0.15, 0.2) is 0 Å². The van der Waals surface area contributed by atoms with Crippen LogP contribution in [0.5, 0.6) is 0 Å². The summed E-state index contributed by atoms with van der Waals surface area (Å²) in [4.78, 5) is 14.9. The Morgan fingerprint density at radius 3 is 2.95 bits per heavy atom. The number of nitrogens with one attached hydrogen (secondary N) is 1. The van der Waals surface area contributed by atoms with Crippen molar-refractivity contribution >= 4 is 28.6 Å². The Labute approximate surface area is 126 Å². The third kappa shape index (κ3) is 3.94. The number of carbonyl (C=O) groups excluding carboxylic acids is 1. The number of amides is 1. The molecule has 0 radical (unpaired) electrons. The van der Waals surface area contributed by atoms with Crippen LogP contribution >= 0.6 is 22.7 Å². The van der Waals surface area contributed by atoms with Gasteiger partial charge in [-0.15, -0.1) is 22.7 Å². The number of hydrogen-bond donors (Lipinski definition) is 2. The number of aryl methyl sites for hydroxylation is 1. The molecule has 0 saturated heterocycles. The molecule has 0 aliphatic heterocycles. The van der Waals surface area contributed by atoms with E-state index in [1.807, 2.05) is 30.5 Å². The molecule has 0 bridgehead atoms. The highest BCUT2D eigenvalue weighted by atomic mass is 32.1. The number of aliphatic hydroxyl groups is 1. The maximum atomic E-state index is 12.0. The molecule has 1 amide bonds. The van der Waals surface area contributed by atoms with Gasteiger partial charge in [0, 0.05) is 21.7 Å². The van der Waals surface area contributed by atoms with E-state index in [0.29, 0.717) is 13.0 Å². The zero-order chi connectivity index (χ0) is 14.4. The molecule has 2 N–H and O–H groups in total. The van der Waals surface area contributed by atoms with Gasteiger partial charge < -0.3 is 10.4 Å². The fourth-order valence-corrected chi connectivity index (χ4v) is 3.16. The second-order valence-corrected chi connectivity index (χ2v) is 6.41. The summed E-state index contributed by atoms with van der Waals surface area (Å²) in [6.45, 7) is 2.53. The second kappa shape index (κ2) is 7.25. The first kappa shape index (κ1) is 14.8. The monoisotopic (exact) mass is 305 g/mol. The Hall–Kier alpha value is -1.61. The lowest BCUT2D eigenvalue weighted by Gasteiger charge is -2.02. The lowest BCUT2D eigenvalue weighted by molar-refractivity contribution is 0.0955. The van der Waals surface area contributed by atoms with Crippen molar-refractivity contribution in [3.05, 3.63) is 43.8 Å². The molecule has 3 nitrogen and oxygen atoms in total. The van der Waals surface area contributed by atoms with Crippen molar-refractivity contribution in [2.24, 2.45) is 0 Å². The van der Waals surface area contributed by atoms with Gasteiger partial charge >= 0.3 is 0 Å². The van der Waals surface area contributed by atoms with Crippen LogP contribution in [0.25, 0.3) is 0 Å². The first-order valence-electron chi connectivity index (χ1n) is 6.21. The number of carbonyl (C=O) groups is 1. The highest BCUT2D eigenvalue weighted by Crippen LogP contribution is 2.17. The van der Waals surface area contributed by atoms with Crippen molar-refractivity contribution in [2.45, 2.75) is 19.9 Å². The Bertz CT molecular complexity index is 646. The van der Waals surface area contributed by atoms with Gasteiger partial charge in [0.2, 0.25) is 0 Å². The van der Waals surface area contributed by atoms with Gasteiger partial charge in [-0.3, -0.25) is 4.79 Å². The molecule has 2 heterocycles. The van der Waals surface area contributed by atoms with Crippen LogP contribution in [0.4, 0.5) is 0 Å². The van der Waals surface area contributed by atoms with E-state index in [9.17, 15) is 4.79 Å². The molecular formula is C15H15NO2S2. The Kier molecular flexibility index (Phi) is 5.36. The van der Waals surface area contributed by atoms with E-state index in [2.05, 4.69) is 17.2 Å². The summed E-state index contributed by atoms with van der Waals surface area (Å²) in [5.74, 6) is 5.86. The summed E-state index contributed by atoms with van der Waals surface area (Å²) >= 11 is 3.06. The van der Waals surface area contributed by atoms with Gasteiger partial charge in [-0.2, -0.15) is 0 Å². The van der Waals surface area contributed by atoms with Crippen molar-refractivity contribution in [1.29, 1.82) is 0 Å². The molecule has 2 aromatic rings. The molecule has 0 atom stereocenters. The topological polar surface area (TPSA) is 49.3 Å². The predicted octanol–water partition coefficient (Wildman–Crippen LogP) is 2.78. The maximum absolute atomic E-state index is 12.0. The summed E-state index contributed by atoms with van der Waals surface area (Å²) in [7, 11) is 0. The first-order chi connectivity index (χ1) is 9.70. The summed E-state index contributed by atoms with van der Waals surface area (Å²) in [6.07, 6.45) is 0.468. The Morgan fingerprint density at radius 2 is 2.25 bits per heavy atom. The van der Waals surface area contributed by atoms with E-state index in [1.165, 1.54) is 11.3 Å². The van der Waals surface area contributed by atoms with Crippen LogP contribution in [0, 0.1) is 18.8 Å². The van der Waals surface area contributed by atoms with E-state index in [0.717, 1.165) is 20.2 Å². The van der Waals surface area contributed by atoms with E-state index in [-0.39, 0.29) is 12.5 Å². The fraction of sp³-hybridized carbons (Fsp3) is 0.267. The molecule has 20 heavy (non-hydrogen) atoms. The molecule has 0 spiro atoms. The number of rotatable bonds is 4. The van der Waals surface area contributed by atoms with Crippen LogP contribution in [0.3, 0.4) is 0 Å². The first-order valence-corrected chi connectivity index (χ1v) is 7.91. The molecule has 0 aromatic carbocycles. The van der Waals surface area contributed by atoms with Crippen LogP contribution in [-0.2, 0) is 6.54 Å². The minimum Gasteiger partial charge on any atom is -0.395 e.